The minimum absolute atomic E-state index is 0.0284. The molecule has 168 valence electrons. The molecule has 2 amide bonds. The maximum atomic E-state index is 14.9. The predicted molar refractivity (Wildman–Crippen MR) is 113 cm³/mol. The van der Waals surface area contributed by atoms with Gasteiger partial charge in [0.15, 0.2) is 16.7 Å². The van der Waals surface area contributed by atoms with Crippen LogP contribution >= 0.6 is 12.2 Å². The van der Waals surface area contributed by atoms with E-state index in [1.54, 1.807) is 0 Å². The molecule has 31 heavy (non-hydrogen) atoms. The molecule has 1 aromatic carbocycles. The molecule has 2 aliphatic heterocycles. The summed E-state index contributed by atoms with van der Waals surface area (Å²) in [7, 11) is 0. The maximum Gasteiger partial charge on any atom is 0.414 e. The third-order valence-corrected chi connectivity index (χ3v) is 5.12. The summed E-state index contributed by atoms with van der Waals surface area (Å²) in [5, 5.41) is 13.1. The standard InChI is InChI=1S/C18H22F2N6O4S/c1-21-17(31)22-8-12-9-25(18(29)30-12)11-6-13(19)16(14(20)7-11)24-3-2-23-26(5-4-24)15(28)10-27/h6-7,12,23,27H,1-5,8-10H2,(H,22,31)/t12-/m0/s1. The van der Waals surface area contributed by atoms with Crippen molar-refractivity contribution in [3.8, 4) is 0 Å². The van der Waals surface area contributed by atoms with Gasteiger partial charge in [0.2, 0.25) is 0 Å². The summed E-state index contributed by atoms with van der Waals surface area (Å²) >= 11 is 4.85. The van der Waals surface area contributed by atoms with E-state index in [0.717, 1.165) is 17.0 Å². The second-order valence-corrected chi connectivity index (χ2v) is 7.20. The van der Waals surface area contributed by atoms with Crippen LogP contribution in [0.4, 0.5) is 25.0 Å². The Hall–Kier alpha value is -2.90. The number of benzene rings is 1. The van der Waals surface area contributed by atoms with E-state index in [1.165, 1.54) is 9.91 Å². The molecule has 1 aromatic rings. The van der Waals surface area contributed by atoms with Gasteiger partial charge in [0.05, 0.1) is 25.3 Å². The van der Waals surface area contributed by atoms with E-state index in [2.05, 4.69) is 22.5 Å². The second kappa shape index (κ2) is 9.94. The molecule has 0 unspecified atom stereocenters. The van der Waals surface area contributed by atoms with Crippen molar-refractivity contribution in [2.24, 2.45) is 4.99 Å². The summed E-state index contributed by atoms with van der Waals surface area (Å²) in [4.78, 5) is 29.9. The van der Waals surface area contributed by atoms with Crippen molar-refractivity contribution < 1.29 is 28.2 Å². The Morgan fingerprint density at radius 2 is 2.06 bits per heavy atom. The summed E-state index contributed by atoms with van der Waals surface area (Å²) in [5.74, 6) is -2.22. The van der Waals surface area contributed by atoms with Gasteiger partial charge in [-0.2, -0.15) is 0 Å². The highest BCUT2D eigenvalue weighted by atomic mass is 32.1. The number of thiocarbonyl (C=S) groups is 1. The molecule has 2 fully saturated rings. The molecule has 0 radical (unpaired) electrons. The number of carbonyl (C=O) groups excluding carboxylic acids is 2. The molecule has 0 spiro atoms. The quantitative estimate of drug-likeness (QED) is 0.420. The number of amides is 2. The molecular weight excluding hydrogens is 434 g/mol. The fourth-order valence-electron chi connectivity index (χ4n) is 3.36. The van der Waals surface area contributed by atoms with Gasteiger partial charge in [-0.25, -0.2) is 24.0 Å². The Balaban J connectivity index is 1.72. The van der Waals surface area contributed by atoms with Gasteiger partial charge < -0.3 is 20.1 Å². The topological polar surface area (TPSA) is 110 Å². The molecule has 0 aliphatic carbocycles. The first-order chi connectivity index (χ1) is 14.8. The van der Waals surface area contributed by atoms with E-state index in [-0.39, 0.29) is 55.8 Å². The Kier molecular flexibility index (Phi) is 7.30. The number of aliphatic imine (C=N–C) groups is 1. The van der Waals surface area contributed by atoms with Crippen LogP contribution < -0.4 is 20.5 Å². The van der Waals surface area contributed by atoms with Crippen molar-refractivity contribution >= 4 is 47.4 Å². The largest absolute Gasteiger partial charge is 0.442 e. The normalized spacial score (nSPS) is 19.1. The fraction of sp³-hybridized carbons (Fsp3) is 0.444. The van der Waals surface area contributed by atoms with Crippen molar-refractivity contribution in [1.82, 2.24) is 15.8 Å². The Labute approximate surface area is 182 Å². The van der Waals surface area contributed by atoms with Crippen molar-refractivity contribution in [2.75, 3.05) is 55.7 Å². The number of carbonyl (C=O) groups is 2. The second-order valence-electron chi connectivity index (χ2n) is 6.82. The first-order valence-corrected chi connectivity index (χ1v) is 9.86. The molecule has 0 saturated carbocycles. The predicted octanol–water partition coefficient (Wildman–Crippen LogP) is 0.0106. The number of hydrazine groups is 1. The van der Waals surface area contributed by atoms with Crippen LogP contribution in [0.3, 0.4) is 0 Å². The molecule has 10 nitrogen and oxygen atoms in total. The smallest absolute Gasteiger partial charge is 0.414 e. The van der Waals surface area contributed by atoms with Crippen LogP contribution in [0.25, 0.3) is 0 Å². The van der Waals surface area contributed by atoms with Gasteiger partial charge in [-0.1, -0.05) is 0 Å². The first-order valence-electron chi connectivity index (χ1n) is 9.45. The maximum absolute atomic E-state index is 14.9. The molecule has 1 atom stereocenters. The summed E-state index contributed by atoms with van der Waals surface area (Å²) in [6.07, 6.45) is -1.31. The molecule has 3 N–H and O–H groups in total. The number of halogens is 2. The number of aliphatic hydroxyl groups excluding tert-OH is 1. The lowest BCUT2D eigenvalue weighted by Gasteiger charge is -2.25. The third kappa shape index (κ3) is 5.24. The number of cyclic esters (lactones) is 1. The Morgan fingerprint density at radius 3 is 2.71 bits per heavy atom. The van der Waals surface area contributed by atoms with Crippen molar-refractivity contribution in [3.05, 3.63) is 23.8 Å². The van der Waals surface area contributed by atoms with Gasteiger partial charge in [-0.05, 0) is 18.9 Å². The minimum Gasteiger partial charge on any atom is -0.442 e. The highest BCUT2D eigenvalue weighted by Crippen LogP contribution is 2.31. The van der Waals surface area contributed by atoms with E-state index in [4.69, 9.17) is 22.1 Å². The number of hydrogen-bond donors (Lipinski definition) is 3. The molecule has 2 saturated heterocycles. The highest BCUT2D eigenvalue weighted by molar-refractivity contribution is 7.80. The van der Waals surface area contributed by atoms with E-state index in [1.807, 2.05) is 0 Å². The van der Waals surface area contributed by atoms with E-state index >= 15 is 0 Å². The van der Waals surface area contributed by atoms with Crippen LogP contribution in [0.15, 0.2) is 17.1 Å². The number of anilines is 2. The number of ether oxygens (including phenoxy) is 1. The number of nitrogens with one attached hydrogen (secondary N) is 2. The average Bonchev–Trinajstić information content (AvgIpc) is 2.95. The van der Waals surface area contributed by atoms with Gasteiger partial charge in [-0.15, -0.1) is 0 Å². The van der Waals surface area contributed by atoms with Crippen LogP contribution in [-0.2, 0) is 9.53 Å². The molecule has 0 aromatic heterocycles. The zero-order chi connectivity index (χ0) is 22.5. The van der Waals surface area contributed by atoms with Gasteiger partial charge in [-0.3, -0.25) is 14.7 Å². The van der Waals surface area contributed by atoms with Crippen molar-refractivity contribution in [1.29, 1.82) is 0 Å². The van der Waals surface area contributed by atoms with Gasteiger partial charge in [0.25, 0.3) is 5.91 Å². The first kappa shape index (κ1) is 22.8. The van der Waals surface area contributed by atoms with Crippen molar-refractivity contribution in [2.45, 2.75) is 6.10 Å². The van der Waals surface area contributed by atoms with Crippen molar-refractivity contribution in [3.63, 3.8) is 0 Å². The monoisotopic (exact) mass is 456 g/mol. The molecule has 2 aliphatic rings. The summed E-state index contributed by atoms with van der Waals surface area (Å²) in [5.41, 5.74) is 2.58. The number of rotatable bonds is 5. The SMILES string of the molecule is C=NC(=S)NC[C@H]1CN(c2cc(F)c(N3CCNN(C(=O)CO)CC3)c(F)c2)C(=O)O1. The van der Waals surface area contributed by atoms with Crippen LogP contribution in [0.2, 0.25) is 0 Å². The number of aliphatic hydroxyl groups is 1. The lowest BCUT2D eigenvalue weighted by Crippen LogP contribution is -2.45. The lowest BCUT2D eigenvalue weighted by atomic mass is 10.2. The molecule has 13 heteroatoms. The molecule has 3 rings (SSSR count). The van der Waals surface area contributed by atoms with Crippen LogP contribution in [0.1, 0.15) is 0 Å². The van der Waals surface area contributed by atoms with Gasteiger partial charge >= 0.3 is 6.09 Å². The zero-order valence-corrected chi connectivity index (χ0v) is 17.3. The van der Waals surface area contributed by atoms with Crippen LogP contribution in [0.5, 0.6) is 0 Å². The summed E-state index contributed by atoms with van der Waals surface area (Å²) < 4.78 is 34.9. The van der Waals surface area contributed by atoms with Gasteiger partial charge in [0, 0.05) is 31.8 Å². The summed E-state index contributed by atoms with van der Waals surface area (Å²) in [6.45, 7) is 3.66. The molecule has 0 bridgehead atoms. The van der Waals surface area contributed by atoms with Crippen LogP contribution in [-0.4, -0.2) is 85.9 Å². The Morgan fingerprint density at radius 1 is 1.35 bits per heavy atom. The van der Waals surface area contributed by atoms with E-state index in [0.29, 0.717) is 0 Å². The fourth-order valence-corrected chi connectivity index (χ4v) is 3.44. The summed E-state index contributed by atoms with van der Waals surface area (Å²) in [6, 6.07) is 2.14. The lowest BCUT2D eigenvalue weighted by molar-refractivity contribution is -0.136. The Bertz CT molecular complexity index is 866. The van der Waals surface area contributed by atoms with Gasteiger partial charge in [0.1, 0.15) is 18.4 Å². The van der Waals surface area contributed by atoms with E-state index < -0.39 is 36.3 Å². The van der Waals surface area contributed by atoms with Crippen LogP contribution in [0, 0.1) is 11.6 Å². The number of nitrogens with zero attached hydrogens (tertiary/aromatic N) is 4. The molecule has 2 heterocycles. The molecular formula is C18H22F2N6O4S. The zero-order valence-electron chi connectivity index (χ0n) is 16.5. The minimum atomic E-state index is -0.844. The number of hydrogen-bond acceptors (Lipinski definition) is 7. The highest BCUT2D eigenvalue weighted by Gasteiger charge is 2.34. The average molecular weight is 456 g/mol. The third-order valence-electron chi connectivity index (χ3n) is 4.84. The van der Waals surface area contributed by atoms with E-state index in [9.17, 15) is 18.4 Å².